The molecular formula is C9H18NO. The van der Waals surface area contributed by atoms with Gasteiger partial charge in [0.15, 0.2) is 0 Å². The van der Waals surface area contributed by atoms with Crippen LogP contribution in [0.3, 0.4) is 0 Å². The van der Waals surface area contributed by atoms with Gasteiger partial charge < -0.3 is 5.32 Å². The third-order valence-electron chi connectivity index (χ3n) is 1.99. The van der Waals surface area contributed by atoms with Gasteiger partial charge in [-0.1, -0.05) is 20.8 Å². The minimum absolute atomic E-state index is 0.0394. The van der Waals surface area contributed by atoms with E-state index >= 15 is 0 Å². The number of amides is 1. The Hall–Kier alpha value is -0.530. The molecule has 0 spiro atoms. The van der Waals surface area contributed by atoms with Crippen molar-refractivity contribution < 1.29 is 4.79 Å². The molecule has 0 aliphatic carbocycles. The van der Waals surface area contributed by atoms with Crippen LogP contribution >= 0.6 is 0 Å². The molecule has 1 amide bonds. The lowest BCUT2D eigenvalue weighted by Crippen LogP contribution is -2.29. The van der Waals surface area contributed by atoms with Crippen molar-refractivity contribution in [2.24, 2.45) is 11.8 Å². The van der Waals surface area contributed by atoms with E-state index in [4.69, 9.17) is 0 Å². The van der Waals surface area contributed by atoms with Gasteiger partial charge in [0.05, 0.1) is 0 Å². The van der Waals surface area contributed by atoms with Gasteiger partial charge in [-0.25, -0.2) is 0 Å². The number of rotatable bonds is 4. The van der Waals surface area contributed by atoms with E-state index < -0.39 is 0 Å². The molecule has 0 aromatic carbocycles. The van der Waals surface area contributed by atoms with Crippen LogP contribution in [0.1, 0.15) is 27.2 Å². The molecule has 0 rings (SSSR count). The Kier molecular flexibility index (Phi) is 4.92. The molecule has 0 heterocycles. The van der Waals surface area contributed by atoms with Crippen molar-refractivity contribution in [3.8, 4) is 0 Å². The molecule has 1 radical (unpaired) electrons. The van der Waals surface area contributed by atoms with Gasteiger partial charge in [0.25, 0.3) is 0 Å². The van der Waals surface area contributed by atoms with Crippen LogP contribution in [0.4, 0.5) is 0 Å². The molecule has 2 nitrogen and oxygen atoms in total. The fourth-order valence-corrected chi connectivity index (χ4v) is 0.599. The summed E-state index contributed by atoms with van der Waals surface area (Å²) in [5.41, 5.74) is 0. The van der Waals surface area contributed by atoms with Crippen LogP contribution in [0.15, 0.2) is 0 Å². The number of hydrogen-bond donors (Lipinski definition) is 1. The zero-order valence-corrected chi connectivity index (χ0v) is 7.68. The minimum Gasteiger partial charge on any atom is -0.356 e. The van der Waals surface area contributed by atoms with Crippen molar-refractivity contribution in [1.82, 2.24) is 5.32 Å². The quantitative estimate of drug-likeness (QED) is 0.658. The molecule has 65 valence electrons. The molecule has 11 heavy (non-hydrogen) atoms. The van der Waals surface area contributed by atoms with Crippen molar-refractivity contribution in [2.75, 3.05) is 6.54 Å². The summed E-state index contributed by atoms with van der Waals surface area (Å²) >= 11 is 0. The Morgan fingerprint density at radius 3 is 2.36 bits per heavy atom. The molecule has 0 aliphatic rings. The zero-order valence-electron chi connectivity index (χ0n) is 7.68. The highest BCUT2D eigenvalue weighted by Crippen LogP contribution is 2.07. The summed E-state index contributed by atoms with van der Waals surface area (Å²) in [6.07, 6.45) is 0.338. The number of carbonyl (C=O) groups excluding carboxylic acids is 1. The monoisotopic (exact) mass is 156 g/mol. The molecule has 0 fully saturated rings. The number of hydrogen-bond acceptors (Lipinski definition) is 1. The van der Waals surface area contributed by atoms with E-state index in [2.05, 4.69) is 33.0 Å². The summed E-state index contributed by atoms with van der Waals surface area (Å²) in [6, 6.07) is 0. The Bertz CT molecular complexity index is 121. The third kappa shape index (κ3) is 4.82. The van der Waals surface area contributed by atoms with E-state index in [0.29, 0.717) is 18.3 Å². The second-order valence-electron chi connectivity index (χ2n) is 3.28. The molecule has 0 aliphatic heterocycles. The Morgan fingerprint density at radius 1 is 1.45 bits per heavy atom. The first-order chi connectivity index (χ1) is 5.07. The predicted octanol–water partition coefficient (Wildman–Crippen LogP) is 1.62. The van der Waals surface area contributed by atoms with Crippen molar-refractivity contribution in [1.29, 1.82) is 0 Å². The second-order valence-corrected chi connectivity index (χ2v) is 3.28. The van der Waals surface area contributed by atoms with Gasteiger partial charge >= 0.3 is 0 Å². The summed E-state index contributed by atoms with van der Waals surface area (Å²) in [4.78, 5) is 10.8. The predicted molar refractivity (Wildman–Crippen MR) is 47.0 cm³/mol. The van der Waals surface area contributed by atoms with Crippen LogP contribution in [-0.2, 0) is 4.79 Å². The maximum atomic E-state index is 10.8. The summed E-state index contributed by atoms with van der Waals surface area (Å²) in [6.45, 7) is 10.7. The molecular weight excluding hydrogens is 138 g/mol. The molecule has 0 bridgehead atoms. The summed E-state index contributed by atoms with van der Waals surface area (Å²) in [5.74, 6) is 1.21. The molecule has 1 unspecified atom stereocenters. The zero-order chi connectivity index (χ0) is 8.85. The number of nitrogens with one attached hydrogen (secondary N) is 1. The smallest absolute Gasteiger partial charge is 0.220 e. The summed E-state index contributed by atoms with van der Waals surface area (Å²) in [7, 11) is 0. The highest BCUT2D eigenvalue weighted by Gasteiger charge is 2.07. The summed E-state index contributed by atoms with van der Waals surface area (Å²) in [5, 5.41) is 2.81. The van der Waals surface area contributed by atoms with E-state index in [1.54, 1.807) is 0 Å². The van der Waals surface area contributed by atoms with Gasteiger partial charge in [-0.15, -0.1) is 0 Å². The van der Waals surface area contributed by atoms with Gasteiger partial charge in [-0.3, -0.25) is 4.79 Å². The van der Waals surface area contributed by atoms with E-state index in [9.17, 15) is 4.79 Å². The fourth-order valence-electron chi connectivity index (χ4n) is 0.599. The third-order valence-corrected chi connectivity index (χ3v) is 1.99. The minimum atomic E-state index is 0.0394. The van der Waals surface area contributed by atoms with Crippen LogP contribution < -0.4 is 5.32 Å². The van der Waals surface area contributed by atoms with Crippen molar-refractivity contribution in [2.45, 2.75) is 27.2 Å². The molecule has 1 N–H and O–H groups in total. The van der Waals surface area contributed by atoms with Crippen LogP contribution in [0, 0.1) is 18.8 Å². The van der Waals surface area contributed by atoms with Crippen LogP contribution in [0.5, 0.6) is 0 Å². The van der Waals surface area contributed by atoms with Crippen molar-refractivity contribution >= 4 is 5.91 Å². The average molecular weight is 156 g/mol. The topological polar surface area (TPSA) is 29.1 Å². The normalized spacial score (nSPS) is 13.2. The SMILES string of the molecule is [CH2]CC(=O)NCC(C)C(C)C. The van der Waals surface area contributed by atoms with Crippen molar-refractivity contribution in [3.05, 3.63) is 6.92 Å². The van der Waals surface area contributed by atoms with Gasteiger partial charge in [0.1, 0.15) is 0 Å². The first kappa shape index (κ1) is 10.5. The molecule has 0 aromatic rings. The van der Waals surface area contributed by atoms with Crippen LogP contribution in [-0.4, -0.2) is 12.5 Å². The fraction of sp³-hybridized carbons (Fsp3) is 0.778. The Labute approximate surface area is 69.4 Å². The first-order valence-electron chi connectivity index (χ1n) is 4.13. The first-order valence-corrected chi connectivity index (χ1v) is 4.13. The highest BCUT2D eigenvalue weighted by molar-refractivity contribution is 5.76. The molecule has 1 atom stereocenters. The Balaban J connectivity index is 3.45. The van der Waals surface area contributed by atoms with Gasteiger partial charge in [0, 0.05) is 13.0 Å². The molecule has 2 heteroatoms. The lowest BCUT2D eigenvalue weighted by Gasteiger charge is -2.15. The molecule has 0 aromatic heterocycles. The van der Waals surface area contributed by atoms with E-state index in [0.717, 1.165) is 6.54 Å². The Morgan fingerprint density at radius 2 is 2.00 bits per heavy atom. The van der Waals surface area contributed by atoms with Gasteiger partial charge in [-0.2, -0.15) is 0 Å². The lowest BCUT2D eigenvalue weighted by atomic mass is 9.98. The average Bonchev–Trinajstić information content (AvgIpc) is 1.99. The van der Waals surface area contributed by atoms with Crippen molar-refractivity contribution in [3.63, 3.8) is 0 Å². The maximum absolute atomic E-state index is 10.8. The second kappa shape index (κ2) is 5.16. The maximum Gasteiger partial charge on any atom is 0.220 e. The largest absolute Gasteiger partial charge is 0.356 e. The molecule has 0 saturated carbocycles. The summed E-state index contributed by atoms with van der Waals surface area (Å²) < 4.78 is 0. The van der Waals surface area contributed by atoms with E-state index in [1.165, 1.54) is 0 Å². The standard InChI is InChI=1S/C9H18NO/c1-5-9(11)10-6-8(4)7(2)3/h7-8H,1,5-6H2,2-4H3,(H,10,11). The van der Waals surface area contributed by atoms with Gasteiger partial charge in [0.2, 0.25) is 5.91 Å². The molecule has 0 saturated heterocycles. The van der Waals surface area contributed by atoms with Gasteiger partial charge in [-0.05, 0) is 18.8 Å². The number of carbonyl (C=O) groups is 1. The van der Waals surface area contributed by atoms with E-state index in [-0.39, 0.29) is 5.91 Å². The highest BCUT2D eigenvalue weighted by atomic mass is 16.1. The van der Waals surface area contributed by atoms with E-state index in [1.807, 2.05) is 0 Å². The lowest BCUT2D eigenvalue weighted by molar-refractivity contribution is -0.120. The van der Waals surface area contributed by atoms with Crippen LogP contribution in [0.2, 0.25) is 0 Å². The van der Waals surface area contributed by atoms with Crippen LogP contribution in [0.25, 0.3) is 0 Å².